The molecule has 5 nitrogen and oxygen atoms in total. The van der Waals surface area contributed by atoms with E-state index >= 15 is 0 Å². The van der Waals surface area contributed by atoms with Crippen LogP contribution >= 0.6 is 0 Å². The molecule has 3 N–H and O–H groups in total. The molecule has 0 aliphatic carbocycles. The number of rotatable bonds is 2. The Hall–Kier alpha value is -2.17. The fourth-order valence-corrected chi connectivity index (χ4v) is 1.35. The number of nitrogens with two attached hydrogens (primary N) is 1. The van der Waals surface area contributed by atoms with Crippen LogP contribution < -0.4 is 5.73 Å². The molecule has 2 aromatic rings. The Kier molecular flexibility index (Phi) is 2.21. The van der Waals surface area contributed by atoms with Gasteiger partial charge in [-0.3, -0.25) is 10.4 Å². The van der Waals surface area contributed by atoms with Crippen LogP contribution in [0, 0.1) is 12.3 Å². The molecule has 0 amide bonds. The minimum Gasteiger partial charge on any atom is -0.384 e. The zero-order valence-corrected chi connectivity index (χ0v) is 8.31. The van der Waals surface area contributed by atoms with Crippen molar-refractivity contribution in [3.8, 4) is 5.69 Å². The summed E-state index contributed by atoms with van der Waals surface area (Å²) in [6, 6.07) is 3.59. The van der Waals surface area contributed by atoms with Gasteiger partial charge in [0.2, 0.25) is 0 Å². The predicted octanol–water partition coefficient (Wildman–Crippen LogP) is 0.860. The molecular formula is C10H11N5. The van der Waals surface area contributed by atoms with Crippen LogP contribution in [0.1, 0.15) is 11.3 Å². The van der Waals surface area contributed by atoms with Crippen molar-refractivity contribution in [1.29, 1.82) is 5.41 Å². The van der Waals surface area contributed by atoms with Crippen molar-refractivity contribution in [2.24, 2.45) is 5.73 Å². The second-order valence-electron chi connectivity index (χ2n) is 3.21. The van der Waals surface area contributed by atoms with Crippen molar-refractivity contribution < 1.29 is 0 Å². The Morgan fingerprint density at radius 2 is 2.27 bits per heavy atom. The third-order valence-corrected chi connectivity index (χ3v) is 2.06. The average molecular weight is 201 g/mol. The zero-order valence-electron chi connectivity index (χ0n) is 8.31. The van der Waals surface area contributed by atoms with Gasteiger partial charge in [0, 0.05) is 18.0 Å². The maximum atomic E-state index is 7.44. The van der Waals surface area contributed by atoms with Gasteiger partial charge in [0.25, 0.3) is 0 Å². The van der Waals surface area contributed by atoms with Crippen LogP contribution in [0.3, 0.4) is 0 Å². The van der Waals surface area contributed by atoms with Crippen LogP contribution in [0.2, 0.25) is 0 Å². The van der Waals surface area contributed by atoms with Crippen LogP contribution in [0.4, 0.5) is 0 Å². The summed E-state index contributed by atoms with van der Waals surface area (Å²) in [5.41, 5.74) is 7.74. The second-order valence-corrected chi connectivity index (χ2v) is 3.21. The van der Waals surface area contributed by atoms with Gasteiger partial charge in [-0.15, -0.1) is 0 Å². The molecule has 0 aromatic carbocycles. The Balaban J connectivity index is 2.57. The molecular weight excluding hydrogens is 190 g/mol. The first-order valence-corrected chi connectivity index (χ1v) is 4.49. The lowest BCUT2D eigenvalue weighted by molar-refractivity contribution is 0.854. The highest BCUT2D eigenvalue weighted by molar-refractivity contribution is 5.98. The highest BCUT2D eigenvalue weighted by Gasteiger charge is 2.07. The van der Waals surface area contributed by atoms with E-state index in [0.29, 0.717) is 5.56 Å². The van der Waals surface area contributed by atoms with Crippen molar-refractivity contribution in [2.45, 2.75) is 6.92 Å². The maximum absolute atomic E-state index is 7.44. The first kappa shape index (κ1) is 9.39. The monoisotopic (exact) mass is 201 g/mol. The molecule has 5 heteroatoms. The van der Waals surface area contributed by atoms with Gasteiger partial charge >= 0.3 is 0 Å². The van der Waals surface area contributed by atoms with Crippen LogP contribution in [0.5, 0.6) is 0 Å². The molecule has 76 valence electrons. The fraction of sp³-hybridized carbons (Fsp3) is 0.100. The van der Waals surface area contributed by atoms with E-state index in [1.54, 1.807) is 23.1 Å². The van der Waals surface area contributed by atoms with Gasteiger partial charge in [-0.2, -0.15) is 5.10 Å². The number of nitrogen functional groups attached to an aromatic ring is 1. The summed E-state index contributed by atoms with van der Waals surface area (Å²) in [5, 5.41) is 11.7. The van der Waals surface area contributed by atoms with E-state index in [1.165, 1.54) is 0 Å². The molecule has 2 aromatic heterocycles. The van der Waals surface area contributed by atoms with Crippen LogP contribution in [-0.2, 0) is 0 Å². The first-order chi connectivity index (χ1) is 7.18. The van der Waals surface area contributed by atoms with Gasteiger partial charge in [0.15, 0.2) is 0 Å². The normalized spacial score (nSPS) is 10.2. The Bertz CT molecular complexity index is 500. The van der Waals surface area contributed by atoms with Crippen molar-refractivity contribution in [3.63, 3.8) is 0 Å². The van der Waals surface area contributed by atoms with Crippen LogP contribution in [0.25, 0.3) is 5.69 Å². The molecule has 0 bridgehead atoms. The quantitative estimate of drug-likeness (QED) is 0.558. The SMILES string of the molecule is Cc1ccn(-c2cnccc2C(=N)N)n1. The lowest BCUT2D eigenvalue weighted by Gasteiger charge is -2.06. The van der Waals surface area contributed by atoms with Crippen LogP contribution in [0.15, 0.2) is 30.7 Å². The standard InChI is InChI=1S/C10H11N5/c1-7-3-5-15(14-7)9-6-13-4-2-8(9)10(11)12/h2-6H,1H3,(H3,11,12). The summed E-state index contributed by atoms with van der Waals surface area (Å²) in [6.45, 7) is 1.90. The highest BCUT2D eigenvalue weighted by Crippen LogP contribution is 2.11. The van der Waals surface area contributed by atoms with Gasteiger partial charge in [-0.25, -0.2) is 4.68 Å². The molecule has 0 radical (unpaired) electrons. The number of hydrogen-bond donors (Lipinski definition) is 2. The van der Waals surface area contributed by atoms with Gasteiger partial charge in [-0.1, -0.05) is 0 Å². The minimum absolute atomic E-state index is 0.0144. The summed E-state index contributed by atoms with van der Waals surface area (Å²) in [5.74, 6) is 0.0144. The van der Waals surface area contributed by atoms with E-state index in [2.05, 4.69) is 10.1 Å². The van der Waals surface area contributed by atoms with Crippen molar-refractivity contribution in [3.05, 3.63) is 42.0 Å². The lowest BCUT2D eigenvalue weighted by Crippen LogP contribution is -2.15. The van der Waals surface area contributed by atoms with Crippen molar-refractivity contribution in [1.82, 2.24) is 14.8 Å². The Labute approximate surface area is 87.1 Å². The third kappa shape index (κ3) is 1.71. The highest BCUT2D eigenvalue weighted by atomic mass is 15.3. The zero-order chi connectivity index (χ0) is 10.8. The van der Waals surface area contributed by atoms with E-state index in [1.807, 2.05) is 19.2 Å². The number of nitrogens with zero attached hydrogens (tertiary/aromatic N) is 3. The molecule has 0 fully saturated rings. The molecule has 2 rings (SSSR count). The number of aryl methyl sites for hydroxylation is 1. The van der Waals surface area contributed by atoms with E-state index in [4.69, 9.17) is 11.1 Å². The Morgan fingerprint density at radius 3 is 2.87 bits per heavy atom. The largest absolute Gasteiger partial charge is 0.384 e. The average Bonchev–Trinajstić information content (AvgIpc) is 2.65. The summed E-state index contributed by atoms with van der Waals surface area (Å²) >= 11 is 0. The summed E-state index contributed by atoms with van der Waals surface area (Å²) in [6.07, 6.45) is 5.07. The molecule has 0 saturated heterocycles. The predicted molar refractivity (Wildman–Crippen MR) is 57.1 cm³/mol. The van der Waals surface area contributed by atoms with Crippen LogP contribution in [-0.4, -0.2) is 20.6 Å². The van der Waals surface area contributed by atoms with E-state index in [0.717, 1.165) is 11.4 Å². The molecule has 0 spiro atoms. The second kappa shape index (κ2) is 3.53. The van der Waals surface area contributed by atoms with Gasteiger partial charge < -0.3 is 5.73 Å². The molecule has 0 aliphatic rings. The fourth-order valence-electron chi connectivity index (χ4n) is 1.35. The molecule has 0 atom stereocenters. The number of aromatic nitrogens is 3. The van der Waals surface area contributed by atoms with E-state index < -0.39 is 0 Å². The molecule has 0 unspecified atom stereocenters. The molecule has 2 heterocycles. The van der Waals surface area contributed by atoms with Gasteiger partial charge in [-0.05, 0) is 19.1 Å². The summed E-state index contributed by atoms with van der Waals surface area (Å²) < 4.78 is 1.67. The van der Waals surface area contributed by atoms with Crippen molar-refractivity contribution in [2.75, 3.05) is 0 Å². The van der Waals surface area contributed by atoms with Gasteiger partial charge in [0.1, 0.15) is 5.84 Å². The first-order valence-electron chi connectivity index (χ1n) is 4.49. The number of hydrogen-bond acceptors (Lipinski definition) is 3. The maximum Gasteiger partial charge on any atom is 0.125 e. The van der Waals surface area contributed by atoms with Gasteiger partial charge in [0.05, 0.1) is 17.6 Å². The third-order valence-electron chi connectivity index (χ3n) is 2.06. The summed E-state index contributed by atoms with van der Waals surface area (Å²) in [4.78, 5) is 4.00. The topological polar surface area (TPSA) is 80.6 Å². The molecule has 15 heavy (non-hydrogen) atoms. The number of pyridine rings is 1. The smallest absolute Gasteiger partial charge is 0.125 e. The van der Waals surface area contributed by atoms with Crippen molar-refractivity contribution >= 4 is 5.84 Å². The Morgan fingerprint density at radius 1 is 1.47 bits per heavy atom. The minimum atomic E-state index is 0.0144. The summed E-state index contributed by atoms with van der Waals surface area (Å²) in [7, 11) is 0. The molecule has 0 saturated carbocycles. The van der Waals surface area contributed by atoms with E-state index in [9.17, 15) is 0 Å². The van der Waals surface area contributed by atoms with E-state index in [-0.39, 0.29) is 5.84 Å². The number of nitrogens with one attached hydrogen (secondary N) is 1. The lowest BCUT2D eigenvalue weighted by atomic mass is 10.2. The molecule has 0 aliphatic heterocycles. The number of amidine groups is 1.